The van der Waals surface area contributed by atoms with Crippen LogP contribution >= 0.6 is 58.0 Å². The van der Waals surface area contributed by atoms with Crippen molar-refractivity contribution in [3.05, 3.63) is 188 Å². The molecule has 5 aliphatic rings. The van der Waals surface area contributed by atoms with E-state index < -0.39 is 79.2 Å². The van der Waals surface area contributed by atoms with Crippen LogP contribution in [0.25, 0.3) is 0 Å². The number of piperidine rings is 5. The number of aryl methyl sites for hydroxylation is 1. The maximum absolute atomic E-state index is 13.5. The molecule has 5 aliphatic heterocycles. The fraction of sp³-hybridized carbons (Fsp3) is 0.390. The number of nitrogens with one attached hydrogen (secondary N) is 5. The maximum Gasteiger partial charge on any atom is 0.415 e. The van der Waals surface area contributed by atoms with Crippen molar-refractivity contribution < 1.29 is 91.4 Å². The van der Waals surface area contributed by atoms with Crippen LogP contribution in [-0.2, 0) is 60.5 Å². The maximum atomic E-state index is 13.5. The summed E-state index contributed by atoms with van der Waals surface area (Å²) in [4.78, 5) is 105. The molecule has 0 radical (unpaired) electrons. The minimum absolute atomic E-state index is 0.00234. The first-order valence-corrected chi connectivity index (χ1v) is 41.8. The molecule has 5 saturated heterocycles. The van der Waals surface area contributed by atoms with Gasteiger partial charge in [-0.2, -0.15) is 4.31 Å². The predicted octanol–water partition coefficient (Wildman–Crippen LogP) is 14.9. The van der Waals surface area contributed by atoms with Gasteiger partial charge in [-0.15, -0.1) is 0 Å². The summed E-state index contributed by atoms with van der Waals surface area (Å²) in [6.45, 7) is 5.54. The molecule has 0 spiro atoms. The average molecular weight is 1760 g/mol. The van der Waals surface area contributed by atoms with Crippen LogP contribution in [0.5, 0.6) is 5.75 Å². The van der Waals surface area contributed by atoms with Crippen LogP contribution < -0.4 is 31.3 Å². The number of nitrogens with zero attached hydrogens (tertiary/aromatic N) is 7. The van der Waals surface area contributed by atoms with Crippen LogP contribution in [0.3, 0.4) is 0 Å². The molecular formula is C77H86Cl5F5N12O15S2. The van der Waals surface area contributed by atoms with E-state index in [1.165, 1.54) is 128 Å². The second-order valence-corrected chi connectivity index (χ2v) is 33.2. The third-order valence-electron chi connectivity index (χ3n) is 18.8. The van der Waals surface area contributed by atoms with Crippen molar-refractivity contribution in [3.63, 3.8) is 0 Å². The van der Waals surface area contributed by atoms with Crippen LogP contribution in [0.4, 0.5) is 64.8 Å². The highest BCUT2D eigenvalue weighted by molar-refractivity contribution is 7.89. The first kappa shape index (κ1) is 92.1. The Bertz CT molecular complexity index is 4880. The number of rotatable bonds is 15. The number of halogens is 10. The molecule has 0 bridgehead atoms. The number of anilines is 5. The van der Waals surface area contributed by atoms with Crippen LogP contribution in [0, 0.1) is 58.7 Å². The normalized spacial score (nSPS) is 18.3. The van der Waals surface area contributed by atoms with Gasteiger partial charge in [0.1, 0.15) is 34.8 Å². The van der Waals surface area contributed by atoms with E-state index in [1.807, 2.05) is 6.07 Å². The number of hydrogen-bond donors (Lipinski definition) is 5. The van der Waals surface area contributed by atoms with Crippen molar-refractivity contribution in [2.45, 2.75) is 76.2 Å². The topological polar surface area (TPSA) is 327 Å². The Morgan fingerprint density at radius 2 is 0.828 bits per heavy atom. The second kappa shape index (κ2) is 43.7. The summed E-state index contributed by atoms with van der Waals surface area (Å²) in [5.74, 6) is -6.06. The SMILES string of the molecule is CCOC(=O)N1CCCC(C(=O)Nc2ccc(Cl)c(F)c2)C1.COC(=O)N1CCCC(C(=O)Nc2ccc(Cl)c(F)c2)C1.CS(=O)(=O)N1CCC[C@H](C(=O)Nc2cccc(F)c2Cl)C1.Cn1cnc(S(=O)(=O)N2CCCC(C(=O)Nc3ccc(Cl)c(F)c3)C2)c1.O=C(Nc1ccc(Cl)c(F)c1)C1CCCN(C(=O)Oc2ccccc2)C1. The molecule has 27 nitrogen and oxygen atoms in total. The molecule has 7 aromatic rings. The van der Waals surface area contributed by atoms with Crippen molar-refractivity contribution in [1.82, 2.24) is 32.9 Å². The van der Waals surface area contributed by atoms with Crippen molar-refractivity contribution >= 4 is 154 Å². The highest BCUT2D eigenvalue weighted by atomic mass is 35.5. The van der Waals surface area contributed by atoms with Crippen LogP contribution in [0.1, 0.15) is 71.1 Å². The number of methoxy groups -OCH3 is 1. The Kier molecular flexibility index (Phi) is 34.7. The zero-order chi connectivity index (χ0) is 84.6. The van der Waals surface area contributed by atoms with Gasteiger partial charge in [-0.1, -0.05) is 82.3 Å². The van der Waals surface area contributed by atoms with Gasteiger partial charge in [-0.05, 0) is 168 Å². The molecule has 8 amide bonds. The van der Waals surface area contributed by atoms with Gasteiger partial charge in [-0.3, -0.25) is 24.0 Å². The van der Waals surface area contributed by atoms with Gasteiger partial charge in [0.2, 0.25) is 39.6 Å². The third kappa shape index (κ3) is 27.4. The summed E-state index contributed by atoms with van der Waals surface area (Å²) < 4.78 is 134. The van der Waals surface area contributed by atoms with Gasteiger partial charge in [-0.25, -0.2) is 62.5 Å². The zero-order valence-corrected chi connectivity index (χ0v) is 68.7. The van der Waals surface area contributed by atoms with Crippen LogP contribution in [0.15, 0.2) is 139 Å². The fourth-order valence-electron chi connectivity index (χ4n) is 12.7. The first-order valence-electron chi connectivity index (χ1n) is 36.6. The number of likely N-dealkylation sites (tertiary alicyclic amines) is 3. The number of sulfonamides is 2. The van der Waals surface area contributed by atoms with Crippen LogP contribution in [-0.4, -0.2) is 183 Å². The largest absolute Gasteiger partial charge is 0.453 e. The molecule has 39 heteroatoms. The van der Waals surface area contributed by atoms with Gasteiger partial charge < -0.3 is 60.1 Å². The lowest BCUT2D eigenvalue weighted by molar-refractivity contribution is -0.122. The Morgan fingerprint density at radius 1 is 0.457 bits per heavy atom. The summed E-state index contributed by atoms with van der Waals surface area (Å²) in [6, 6.07) is 29.2. The van der Waals surface area contributed by atoms with Crippen molar-refractivity contribution in [1.29, 1.82) is 0 Å². The average Bonchev–Trinajstić information content (AvgIpc) is 1.52. The number of ether oxygens (including phenoxy) is 3. The number of benzene rings is 6. The Labute approximate surface area is 692 Å². The number of carbonyl (C=O) groups is 8. The van der Waals surface area contributed by atoms with Gasteiger partial charge in [0, 0.05) is 101 Å². The molecule has 1 aromatic heterocycles. The number of aromatic nitrogens is 2. The quantitative estimate of drug-likeness (QED) is 0.0596. The minimum atomic E-state index is -3.75. The number of amides is 8. The Hall–Kier alpha value is -9.39. The van der Waals surface area contributed by atoms with Gasteiger partial charge in [0.05, 0.1) is 86.7 Å². The number of imidazole rings is 1. The molecular weight excluding hydrogens is 1670 g/mol. The van der Waals surface area contributed by atoms with E-state index in [9.17, 15) is 77.1 Å². The molecule has 4 unspecified atom stereocenters. The monoisotopic (exact) mass is 1750 g/mol. The lowest BCUT2D eigenvalue weighted by atomic mass is 9.97. The molecule has 5 atom stereocenters. The third-order valence-corrected chi connectivity index (χ3v) is 23.4. The van der Waals surface area contributed by atoms with E-state index in [0.29, 0.717) is 127 Å². The number of hydrogen-bond acceptors (Lipinski definition) is 16. The fourth-order valence-corrected chi connectivity index (χ4v) is 15.7. The summed E-state index contributed by atoms with van der Waals surface area (Å²) in [7, 11) is -4.07. The first-order chi connectivity index (χ1) is 55.1. The summed E-state index contributed by atoms with van der Waals surface area (Å²) in [6.07, 6.45) is 9.09. The molecule has 5 N–H and O–H groups in total. The highest BCUT2D eigenvalue weighted by Gasteiger charge is 2.37. The standard InChI is InChI=1S/C19H18ClFN2O3.C16H18ClFN4O3S.C15H18ClFN2O3.C14H16ClFN2O3.C13H16ClFN2O3S/c20-16-9-8-14(11-17(16)21)22-18(24)13-5-4-10-23(12-13)19(25)26-15-6-2-1-3-7-15;1-21-9-15(19-10-21)26(24,25)22-6-2-3-11(8-22)16(23)20-12-4-5-13(17)14(18)7-12;1-2-22-15(21)19-7-3-4-10(9-19)14(20)18-11-5-6-12(16)13(17)8-11;1-21-14(20)18-6-2-3-9(8-18)13(19)17-10-4-5-11(15)12(16)7-10;1-21(19,20)17-7-3-4-9(8-17)13(18)16-11-6-2-5-10(15)12(11)14/h1-3,6-9,11,13H,4-5,10,12H2,(H,22,24);4-5,7,9-11H,2-3,6,8H2,1H3,(H,20,23);5-6,8,10H,2-4,7,9H2,1H3,(H,18,20);4-5,7,9H,2-3,6,8H2,1H3,(H,17,19);2,5-6,9H,3-4,7-8H2,1H3,(H,16,18)/t;;;;9-/m....0/s1. The van der Waals surface area contributed by atoms with E-state index in [1.54, 1.807) is 42.8 Å². The van der Waals surface area contributed by atoms with E-state index in [0.717, 1.165) is 25.2 Å². The molecule has 6 aromatic carbocycles. The molecule has 5 fully saturated rings. The summed E-state index contributed by atoms with van der Waals surface area (Å²) >= 11 is 28.2. The van der Waals surface area contributed by atoms with Gasteiger partial charge in [0.25, 0.3) is 10.0 Å². The highest BCUT2D eigenvalue weighted by Crippen LogP contribution is 2.31. The van der Waals surface area contributed by atoms with E-state index >= 15 is 0 Å². The number of para-hydroxylation sites is 1. The Morgan fingerprint density at radius 3 is 1.21 bits per heavy atom. The van der Waals surface area contributed by atoms with Gasteiger partial charge in [0.15, 0.2) is 5.03 Å². The molecule has 0 saturated carbocycles. The molecule has 12 rings (SSSR count). The van der Waals surface area contributed by atoms with Crippen molar-refractivity contribution in [2.24, 2.45) is 36.6 Å². The molecule has 0 aliphatic carbocycles. The minimum Gasteiger partial charge on any atom is -0.453 e. The lowest BCUT2D eigenvalue weighted by Gasteiger charge is -2.31. The zero-order valence-electron chi connectivity index (χ0n) is 63.3. The molecule has 6 heterocycles. The number of carbonyl (C=O) groups excluding carboxylic acids is 8. The van der Waals surface area contributed by atoms with Crippen LogP contribution in [0.2, 0.25) is 25.1 Å². The van der Waals surface area contributed by atoms with Crippen molar-refractivity contribution in [3.8, 4) is 5.75 Å². The molecule has 626 valence electrons. The lowest BCUT2D eigenvalue weighted by Crippen LogP contribution is -2.44. The summed E-state index contributed by atoms with van der Waals surface area (Å²) in [5.41, 5.74) is 1.50. The molecule has 116 heavy (non-hydrogen) atoms. The van der Waals surface area contributed by atoms with E-state index in [4.69, 9.17) is 67.5 Å². The smallest absolute Gasteiger partial charge is 0.415 e. The van der Waals surface area contributed by atoms with Gasteiger partial charge >= 0.3 is 18.3 Å². The second-order valence-electron chi connectivity index (χ2n) is 27.3. The van der Waals surface area contributed by atoms with E-state index in [2.05, 4.69) is 36.3 Å². The van der Waals surface area contributed by atoms with Crippen molar-refractivity contribution in [2.75, 3.05) is 112 Å². The predicted molar refractivity (Wildman–Crippen MR) is 429 cm³/mol. The Balaban J connectivity index is 0.000000182. The van der Waals surface area contributed by atoms with E-state index in [-0.39, 0.29) is 108 Å². The summed E-state index contributed by atoms with van der Waals surface area (Å²) in [5, 5.41) is 12.9.